The second-order valence-electron chi connectivity index (χ2n) is 11.7. The number of hydrogen-bond acceptors (Lipinski definition) is 9. The number of nitrogens with one attached hydrogen (secondary N) is 2. The molecule has 0 bridgehead atoms. The number of ether oxygens (including phenoxy) is 1. The number of morpholine rings is 1. The number of aryl methyl sites for hydroxylation is 1. The summed E-state index contributed by atoms with van der Waals surface area (Å²) in [4.78, 5) is 29.8. The number of H-pyrrole nitrogens is 1. The first-order valence-electron chi connectivity index (χ1n) is 14.4. The van der Waals surface area contributed by atoms with E-state index in [0.717, 1.165) is 75.9 Å². The molecule has 0 saturated carbocycles. The predicted molar refractivity (Wildman–Crippen MR) is 156 cm³/mol. The van der Waals surface area contributed by atoms with Crippen molar-refractivity contribution in [3.63, 3.8) is 0 Å². The Bertz CT molecular complexity index is 1520. The third-order valence-corrected chi connectivity index (χ3v) is 9.15. The van der Waals surface area contributed by atoms with E-state index in [-0.39, 0.29) is 11.7 Å². The molecule has 2 aromatic heterocycles. The lowest BCUT2D eigenvalue weighted by atomic mass is 10.0. The molecule has 4 fully saturated rings. The lowest BCUT2D eigenvalue weighted by Crippen LogP contribution is -2.65. The SMILES string of the molecule is Cc1cc(N2CC3NCCOC3C2)cnc1N1CCN2C(C)CN(c3ccc(C#N)c4[nH]c(=O)ccc34)CC2C1. The van der Waals surface area contributed by atoms with E-state index >= 15 is 0 Å². The summed E-state index contributed by atoms with van der Waals surface area (Å²) in [6.07, 6.45) is 2.29. The van der Waals surface area contributed by atoms with E-state index in [1.54, 1.807) is 6.07 Å². The number of benzene rings is 1. The highest BCUT2D eigenvalue weighted by Crippen LogP contribution is 2.33. The molecule has 10 heteroatoms. The lowest BCUT2D eigenvalue weighted by molar-refractivity contribution is 0.0212. The van der Waals surface area contributed by atoms with E-state index in [9.17, 15) is 10.1 Å². The van der Waals surface area contributed by atoms with Gasteiger partial charge in [-0.1, -0.05) is 0 Å². The van der Waals surface area contributed by atoms with Crippen LogP contribution in [0.25, 0.3) is 10.9 Å². The van der Waals surface area contributed by atoms with Crippen LogP contribution in [0.4, 0.5) is 17.2 Å². The monoisotopic (exact) mass is 540 g/mol. The summed E-state index contributed by atoms with van der Waals surface area (Å²) in [6, 6.07) is 12.9. The van der Waals surface area contributed by atoms with E-state index in [1.165, 1.54) is 11.3 Å². The normalized spacial score (nSPS) is 27.0. The van der Waals surface area contributed by atoms with Crippen LogP contribution in [-0.2, 0) is 4.74 Å². The zero-order valence-electron chi connectivity index (χ0n) is 23.1. The van der Waals surface area contributed by atoms with Crippen molar-refractivity contribution in [3.05, 3.63) is 58.0 Å². The summed E-state index contributed by atoms with van der Waals surface area (Å²) in [7, 11) is 0. The van der Waals surface area contributed by atoms with Crippen LogP contribution in [0.2, 0.25) is 0 Å². The Morgan fingerprint density at radius 1 is 1.05 bits per heavy atom. The molecule has 1 aromatic carbocycles. The molecule has 2 N–H and O–H groups in total. The predicted octanol–water partition coefficient (Wildman–Crippen LogP) is 1.68. The van der Waals surface area contributed by atoms with Gasteiger partial charge in [0.2, 0.25) is 5.56 Å². The smallest absolute Gasteiger partial charge is 0.248 e. The van der Waals surface area contributed by atoms with Crippen molar-refractivity contribution in [2.75, 3.05) is 73.7 Å². The van der Waals surface area contributed by atoms with Crippen LogP contribution < -0.4 is 25.6 Å². The molecule has 0 spiro atoms. The van der Waals surface area contributed by atoms with E-state index in [0.29, 0.717) is 29.2 Å². The minimum absolute atomic E-state index is 0.191. The second-order valence-corrected chi connectivity index (χ2v) is 11.7. The summed E-state index contributed by atoms with van der Waals surface area (Å²) in [5, 5.41) is 14.1. The van der Waals surface area contributed by atoms with Crippen molar-refractivity contribution in [2.45, 2.75) is 38.1 Å². The number of pyridine rings is 2. The van der Waals surface area contributed by atoms with E-state index in [2.05, 4.69) is 55.9 Å². The van der Waals surface area contributed by atoms with Gasteiger partial charge in [0, 0.05) is 81.6 Å². The van der Waals surface area contributed by atoms with E-state index < -0.39 is 0 Å². The first kappa shape index (κ1) is 25.3. The summed E-state index contributed by atoms with van der Waals surface area (Å²) < 4.78 is 5.97. The van der Waals surface area contributed by atoms with Crippen molar-refractivity contribution < 1.29 is 4.74 Å². The van der Waals surface area contributed by atoms with Gasteiger partial charge in [0.05, 0.1) is 41.7 Å². The highest BCUT2D eigenvalue weighted by Gasteiger charge is 2.38. The van der Waals surface area contributed by atoms with Gasteiger partial charge in [0.1, 0.15) is 11.9 Å². The highest BCUT2D eigenvalue weighted by molar-refractivity contribution is 5.95. The van der Waals surface area contributed by atoms with Crippen LogP contribution in [0.1, 0.15) is 18.1 Å². The van der Waals surface area contributed by atoms with Gasteiger partial charge in [-0.25, -0.2) is 4.98 Å². The quantitative estimate of drug-likeness (QED) is 0.514. The molecule has 4 atom stereocenters. The van der Waals surface area contributed by atoms with Gasteiger partial charge >= 0.3 is 0 Å². The Morgan fingerprint density at radius 2 is 1.93 bits per heavy atom. The number of nitrogens with zero attached hydrogens (tertiary/aromatic N) is 6. The van der Waals surface area contributed by atoms with Gasteiger partial charge in [-0.2, -0.15) is 5.26 Å². The third kappa shape index (κ3) is 4.38. The van der Waals surface area contributed by atoms with Gasteiger partial charge in [0.25, 0.3) is 0 Å². The third-order valence-electron chi connectivity index (χ3n) is 9.15. The molecule has 6 heterocycles. The average molecular weight is 541 g/mol. The molecule has 10 nitrogen and oxygen atoms in total. The van der Waals surface area contributed by atoms with Crippen LogP contribution >= 0.6 is 0 Å². The fourth-order valence-corrected chi connectivity index (χ4v) is 7.22. The maximum absolute atomic E-state index is 12.0. The molecule has 0 aliphatic carbocycles. The molecule has 0 radical (unpaired) electrons. The summed E-state index contributed by atoms with van der Waals surface area (Å²) >= 11 is 0. The molecular weight excluding hydrogens is 504 g/mol. The zero-order chi connectivity index (χ0) is 27.4. The fraction of sp³-hybridized carbons (Fsp3) is 0.500. The maximum Gasteiger partial charge on any atom is 0.248 e. The van der Waals surface area contributed by atoms with Crippen molar-refractivity contribution in [1.29, 1.82) is 5.26 Å². The minimum Gasteiger partial charge on any atom is -0.373 e. The molecule has 4 saturated heterocycles. The van der Waals surface area contributed by atoms with Crippen LogP contribution in [0.3, 0.4) is 0 Å². The average Bonchev–Trinajstić information content (AvgIpc) is 3.40. The summed E-state index contributed by atoms with van der Waals surface area (Å²) in [5.41, 5.74) is 4.36. The Kier molecular flexibility index (Phi) is 6.38. The standard InChI is InChI=1S/C30H36N8O2/c1-19-11-22(36-17-25-27(18-36)40-10-7-32-25)13-33-30(19)35-8-9-38-20(2)14-37(16-23(38)15-35)26-5-3-21(12-31)29-24(26)4-6-28(39)34-29/h3-6,11,13,20,23,25,27,32H,7-10,14-18H2,1-2H3,(H,34,39). The number of piperazine rings is 2. The van der Waals surface area contributed by atoms with Crippen molar-refractivity contribution in [1.82, 2.24) is 20.2 Å². The molecule has 7 rings (SSSR count). The molecule has 0 amide bonds. The van der Waals surface area contributed by atoms with Crippen LogP contribution in [-0.4, -0.2) is 98.1 Å². The number of aromatic amines is 1. The number of anilines is 3. The number of hydrogen-bond donors (Lipinski definition) is 2. The van der Waals surface area contributed by atoms with Crippen LogP contribution in [0.5, 0.6) is 0 Å². The Hall–Kier alpha value is -3.65. The number of nitriles is 1. The zero-order valence-corrected chi connectivity index (χ0v) is 23.1. The van der Waals surface area contributed by atoms with Crippen LogP contribution in [0, 0.1) is 18.3 Å². The fourth-order valence-electron chi connectivity index (χ4n) is 7.22. The first-order valence-corrected chi connectivity index (χ1v) is 14.4. The topological polar surface area (TPSA) is 104 Å². The second kappa shape index (κ2) is 10.1. The minimum atomic E-state index is -0.191. The molecule has 4 aliphatic heterocycles. The number of aromatic nitrogens is 2. The molecule has 3 aromatic rings. The molecular formula is C30H36N8O2. The summed E-state index contributed by atoms with van der Waals surface area (Å²) in [6.45, 7) is 12.7. The molecule has 4 aliphatic rings. The van der Waals surface area contributed by atoms with Gasteiger partial charge in [-0.3, -0.25) is 9.69 Å². The highest BCUT2D eigenvalue weighted by atomic mass is 16.5. The van der Waals surface area contributed by atoms with Gasteiger partial charge < -0.3 is 29.7 Å². The van der Waals surface area contributed by atoms with E-state index in [1.807, 2.05) is 24.4 Å². The summed E-state index contributed by atoms with van der Waals surface area (Å²) in [5.74, 6) is 1.07. The van der Waals surface area contributed by atoms with Crippen molar-refractivity contribution >= 4 is 28.1 Å². The molecule has 40 heavy (non-hydrogen) atoms. The molecule has 4 unspecified atom stereocenters. The Labute approximate surface area is 234 Å². The van der Waals surface area contributed by atoms with Gasteiger partial charge in [-0.15, -0.1) is 0 Å². The van der Waals surface area contributed by atoms with Crippen molar-refractivity contribution in [2.24, 2.45) is 0 Å². The van der Waals surface area contributed by atoms with Gasteiger partial charge in [0.15, 0.2) is 0 Å². The first-order chi connectivity index (χ1) is 19.5. The van der Waals surface area contributed by atoms with Crippen molar-refractivity contribution in [3.8, 4) is 6.07 Å². The van der Waals surface area contributed by atoms with E-state index in [4.69, 9.17) is 9.72 Å². The molecule has 208 valence electrons. The number of fused-ring (bicyclic) bond motifs is 3. The van der Waals surface area contributed by atoms with Crippen LogP contribution in [0.15, 0.2) is 41.3 Å². The Balaban J connectivity index is 1.11. The lowest BCUT2D eigenvalue weighted by Gasteiger charge is -2.51. The number of rotatable bonds is 3. The largest absolute Gasteiger partial charge is 0.373 e. The van der Waals surface area contributed by atoms with Gasteiger partial charge in [-0.05, 0) is 43.7 Å². The maximum atomic E-state index is 12.0. The Morgan fingerprint density at radius 3 is 2.75 bits per heavy atom.